The Labute approximate surface area is 197 Å². The smallest absolute Gasteiger partial charge is 0.327 e. The monoisotopic (exact) mass is 457 g/mol. The predicted octanol–water partition coefficient (Wildman–Crippen LogP) is 3.29. The van der Waals surface area contributed by atoms with Crippen LogP contribution in [0.5, 0.6) is 5.75 Å². The molecule has 3 heterocycles. The summed E-state index contributed by atoms with van der Waals surface area (Å²) in [6, 6.07) is 7.49. The molecule has 3 aliphatic rings. The van der Waals surface area contributed by atoms with Crippen LogP contribution in [0.1, 0.15) is 52.4 Å². The Balaban J connectivity index is 1.49. The standard InChI is InChI=1S/C25H39N5O3/c1-5-6-7-8-9-10-15-28-23(31)21-22(27(3)25(28)32)26-24-29(16-18(2)17-30(21)24)19-11-13-20(33-4)14-12-19/h11-14,18,21-22,24,26H,5-10,15-17H2,1-4H3. The summed E-state index contributed by atoms with van der Waals surface area (Å²) in [5.41, 5.74) is 1.08. The second-order valence-electron chi connectivity index (χ2n) is 9.73. The van der Waals surface area contributed by atoms with Crippen LogP contribution in [0.2, 0.25) is 0 Å². The summed E-state index contributed by atoms with van der Waals surface area (Å²) in [7, 11) is 3.48. The lowest BCUT2D eigenvalue weighted by molar-refractivity contribution is -0.138. The van der Waals surface area contributed by atoms with Crippen molar-refractivity contribution >= 4 is 17.6 Å². The van der Waals surface area contributed by atoms with Crippen LogP contribution >= 0.6 is 0 Å². The number of fused-ring (bicyclic) bond motifs is 3. The average molecular weight is 458 g/mol. The third kappa shape index (κ3) is 4.68. The molecule has 33 heavy (non-hydrogen) atoms. The second-order valence-corrected chi connectivity index (χ2v) is 9.73. The number of nitrogens with zero attached hydrogens (tertiary/aromatic N) is 4. The summed E-state index contributed by atoms with van der Waals surface area (Å²) in [5, 5.41) is 3.59. The molecule has 8 heteroatoms. The number of likely N-dealkylation sites (N-methyl/N-ethyl adjacent to an activating group) is 1. The van der Waals surface area contributed by atoms with E-state index in [0.717, 1.165) is 43.8 Å². The van der Waals surface area contributed by atoms with Gasteiger partial charge in [0.25, 0.3) is 5.91 Å². The third-order valence-corrected chi connectivity index (χ3v) is 7.22. The summed E-state index contributed by atoms with van der Waals surface area (Å²) in [6.07, 6.45) is 6.34. The zero-order chi connectivity index (χ0) is 23.5. The number of urea groups is 1. The Morgan fingerprint density at radius 2 is 1.73 bits per heavy atom. The van der Waals surface area contributed by atoms with Gasteiger partial charge in [-0.25, -0.2) is 4.79 Å². The molecule has 3 amide bonds. The molecule has 0 bridgehead atoms. The molecule has 0 radical (unpaired) electrons. The molecule has 3 fully saturated rings. The molecule has 3 aliphatic heterocycles. The Bertz CT molecular complexity index is 832. The number of ether oxygens (including phenoxy) is 1. The number of unbranched alkanes of at least 4 members (excludes halogenated alkanes) is 5. The summed E-state index contributed by atoms with van der Waals surface area (Å²) in [6.45, 7) is 6.64. The van der Waals surface area contributed by atoms with Crippen LogP contribution in [0, 0.1) is 5.92 Å². The first-order valence-electron chi connectivity index (χ1n) is 12.5. The number of hydrogen-bond donors (Lipinski definition) is 1. The van der Waals surface area contributed by atoms with Crippen molar-refractivity contribution in [2.45, 2.75) is 70.9 Å². The van der Waals surface area contributed by atoms with Crippen LogP contribution < -0.4 is 15.0 Å². The van der Waals surface area contributed by atoms with Crippen molar-refractivity contribution in [1.82, 2.24) is 20.0 Å². The van der Waals surface area contributed by atoms with Gasteiger partial charge in [-0.3, -0.25) is 19.9 Å². The summed E-state index contributed by atoms with van der Waals surface area (Å²) in [4.78, 5) is 34.4. The predicted molar refractivity (Wildman–Crippen MR) is 129 cm³/mol. The minimum atomic E-state index is -0.360. The largest absolute Gasteiger partial charge is 0.497 e. The van der Waals surface area contributed by atoms with Crippen LogP contribution in [0.25, 0.3) is 0 Å². The van der Waals surface area contributed by atoms with E-state index in [1.165, 1.54) is 24.2 Å². The number of nitrogens with one attached hydrogen (secondary N) is 1. The van der Waals surface area contributed by atoms with E-state index in [2.05, 4.69) is 41.1 Å². The molecule has 1 N–H and O–H groups in total. The molecule has 0 spiro atoms. The lowest BCUT2D eigenvalue weighted by Crippen LogP contribution is -2.66. The van der Waals surface area contributed by atoms with Crippen LogP contribution in [0.3, 0.4) is 0 Å². The van der Waals surface area contributed by atoms with Crippen molar-refractivity contribution in [2.24, 2.45) is 5.92 Å². The van der Waals surface area contributed by atoms with E-state index in [1.807, 2.05) is 19.2 Å². The van der Waals surface area contributed by atoms with Gasteiger partial charge in [-0.05, 0) is 36.6 Å². The molecule has 1 aromatic carbocycles. The van der Waals surface area contributed by atoms with Gasteiger partial charge in [0.15, 0.2) is 0 Å². The first-order chi connectivity index (χ1) is 16.0. The lowest BCUT2D eigenvalue weighted by atomic mass is 10.0. The molecule has 182 valence electrons. The van der Waals surface area contributed by atoms with Gasteiger partial charge in [0, 0.05) is 32.4 Å². The Morgan fingerprint density at radius 3 is 2.42 bits per heavy atom. The van der Waals surface area contributed by atoms with Crippen molar-refractivity contribution in [3.05, 3.63) is 24.3 Å². The molecule has 0 aliphatic carbocycles. The molecule has 4 atom stereocenters. The highest BCUT2D eigenvalue weighted by atomic mass is 16.5. The van der Waals surface area contributed by atoms with Gasteiger partial charge in [0.05, 0.1) is 7.11 Å². The van der Waals surface area contributed by atoms with Crippen molar-refractivity contribution in [1.29, 1.82) is 0 Å². The van der Waals surface area contributed by atoms with Gasteiger partial charge in [-0.15, -0.1) is 0 Å². The maximum atomic E-state index is 13.6. The van der Waals surface area contributed by atoms with E-state index in [9.17, 15) is 9.59 Å². The maximum Gasteiger partial charge on any atom is 0.327 e. The summed E-state index contributed by atoms with van der Waals surface area (Å²) >= 11 is 0. The van der Waals surface area contributed by atoms with E-state index in [4.69, 9.17) is 4.74 Å². The SMILES string of the molecule is CCCCCCCCN1C(=O)C2C(NC3N(c4ccc(OC)cc4)CC(C)CN23)N(C)C1=O. The van der Waals surface area contributed by atoms with Gasteiger partial charge in [0.1, 0.15) is 24.2 Å². The van der Waals surface area contributed by atoms with E-state index in [0.29, 0.717) is 12.5 Å². The Kier molecular flexibility index (Phi) is 7.44. The van der Waals surface area contributed by atoms with Crippen LogP contribution in [0.4, 0.5) is 10.5 Å². The molecular formula is C25H39N5O3. The number of carbonyl (C=O) groups is 2. The highest BCUT2D eigenvalue weighted by Crippen LogP contribution is 2.35. The van der Waals surface area contributed by atoms with E-state index >= 15 is 0 Å². The van der Waals surface area contributed by atoms with Crippen molar-refractivity contribution in [3.63, 3.8) is 0 Å². The van der Waals surface area contributed by atoms with Gasteiger partial charge in [0.2, 0.25) is 0 Å². The fourth-order valence-electron chi connectivity index (χ4n) is 5.45. The first kappa shape index (κ1) is 23.8. The first-order valence-corrected chi connectivity index (χ1v) is 12.5. The average Bonchev–Trinajstić information content (AvgIpc) is 3.21. The quantitative estimate of drug-likeness (QED) is 0.574. The van der Waals surface area contributed by atoms with Gasteiger partial charge < -0.3 is 14.5 Å². The summed E-state index contributed by atoms with van der Waals surface area (Å²) < 4.78 is 5.31. The molecule has 4 unspecified atom stereocenters. The highest BCUT2D eigenvalue weighted by Gasteiger charge is 2.56. The molecule has 1 aromatic rings. The fraction of sp³-hybridized carbons (Fsp3) is 0.680. The minimum Gasteiger partial charge on any atom is -0.497 e. The van der Waals surface area contributed by atoms with Crippen molar-refractivity contribution in [2.75, 3.05) is 38.7 Å². The number of rotatable bonds is 9. The minimum absolute atomic E-state index is 0.0598. The molecule has 4 rings (SSSR count). The van der Waals surface area contributed by atoms with Crippen LogP contribution in [-0.2, 0) is 4.79 Å². The number of anilines is 1. The zero-order valence-electron chi connectivity index (χ0n) is 20.5. The van der Waals surface area contributed by atoms with Crippen LogP contribution in [0.15, 0.2) is 24.3 Å². The molecule has 0 saturated carbocycles. The van der Waals surface area contributed by atoms with E-state index in [-0.39, 0.29) is 30.4 Å². The number of carbonyl (C=O) groups excluding carboxylic acids is 2. The normalized spacial score (nSPS) is 27.7. The van der Waals surface area contributed by atoms with Crippen LogP contribution in [-0.4, -0.2) is 78.9 Å². The van der Waals surface area contributed by atoms with E-state index in [1.54, 1.807) is 12.0 Å². The molecule has 3 saturated heterocycles. The number of benzene rings is 1. The fourth-order valence-corrected chi connectivity index (χ4v) is 5.45. The van der Waals surface area contributed by atoms with Gasteiger partial charge in [-0.2, -0.15) is 0 Å². The van der Waals surface area contributed by atoms with Gasteiger partial charge in [-0.1, -0.05) is 46.0 Å². The topological polar surface area (TPSA) is 68.4 Å². The molecule has 8 nitrogen and oxygen atoms in total. The number of methoxy groups -OCH3 is 1. The molecular weight excluding hydrogens is 418 g/mol. The molecule has 0 aromatic heterocycles. The second kappa shape index (κ2) is 10.3. The highest BCUT2D eigenvalue weighted by molar-refractivity contribution is 6.00. The van der Waals surface area contributed by atoms with Crippen molar-refractivity contribution < 1.29 is 14.3 Å². The third-order valence-electron chi connectivity index (χ3n) is 7.22. The van der Waals surface area contributed by atoms with E-state index < -0.39 is 0 Å². The number of amides is 3. The lowest BCUT2D eigenvalue weighted by Gasteiger charge is -2.46. The van der Waals surface area contributed by atoms with Crippen molar-refractivity contribution in [3.8, 4) is 5.75 Å². The summed E-state index contributed by atoms with van der Waals surface area (Å²) in [5.74, 6) is 1.15. The maximum absolute atomic E-state index is 13.6. The Hall–Kier alpha value is -2.32. The van der Waals surface area contributed by atoms with Gasteiger partial charge >= 0.3 is 6.03 Å². The Morgan fingerprint density at radius 1 is 1.03 bits per heavy atom. The zero-order valence-corrected chi connectivity index (χ0v) is 20.5. The number of imide groups is 1. The number of hydrogen-bond acceptors (Lipinski definition) is 6.